The van der Waals surface area contributed by atoms with E-state index in [1.165, 1.54) is 24.2 Å². The molecule has 1 aliphatic rings. The number of aromatic nitrogens is 1. The van der Waals surface area contributed by atoms with Crippen LogP contribution in [0.1, 0.15) is 23.3 Å². The molecule has 29 heavy (non-hydrogen) atoms. The molecule has 7 heteroatoms. The Hall–Kier alpha value is -3.19. The zero-order chi connectivity index (χ0) is 20.1. The molecule has 0 bridgehead atoms. The zero-order valence-corrected chi connectivity index (χ0v) is 16.7. The van der Waals surface area contributed by atoms with E-state index in [2.05, 4.69) is 15.2 Å². The van der Waals surface area contributed by atoms with Crippen molar-refractivity contribution in [3.05, 3.63) is 65.7 Å². The van der Waals surface area contributed by atoms with Gasteiger partial charge in [-0.2, -0.15) is 0 Å². The van der Waals surface area contributed by atoms with Gasteiger partial charge in [-0.05, 0) is 37.1 Å². The van der Waals surface area contributed by atoms with Crippen molar-refractivity contribution in [2.75, 3.05) is 29.9 Å². The van der Waals surface area contributed by atoms with E-state index in [4.69, 9.17) is 4.74 Å². The van der Waals surface area contributed by atoms with Crippen LogP contribution >= 0.6 is 11.3 Å². The molecule has 1 saturated heterocycles. The van der Waals surface area contributed by atoms with Crippen LogP contribution in [-0.2, 0) is 9.53 Å². The number of thiazole rings is 1. The van der Waals surface area contributed by atoms with Gasteiger partial charge in [0, 0.05) is 35.4 Å². The van der Waals surface area contributed by atoms with Gasteiger partial charge in [0.25, 0.3) is 5.91 Å². The fraction of sp³-hybridized carbons (Fsp3) is 0.227. The molecule has 0 radical (unpaired) electrons. The molecular formula is C22H21N3O3S. The lowest BCUT2D eigenvalue weighted by atomic mass is 10.2. The van der Waals surface area contributed by atoms with Gasteiger partial charge < -0.3 is 15.0 Å². The van der Waals surface area contributed by atoms with Crippen LogP contribution < -0.4 is 10.2 Å². The van der Waals surface area contributed by atoms with Gasteiger partial charge in [-0.25, -0.2) is 9.78 Å². The predicted molar refractivity (Wildman–Crippen MR) is 114 cm³/mol. The Labute approximate surface area is 173 Å². The van der Waals surface area contributed by atoms with Crippen molar-refractivity contribution in [3.63, 3.8) is 0 Å². The maximum absolute atomic E-state index is 12.2. The largest absolute Gasteiger partial charge is 0.451 e. The SMILES string of the molecule is O=C(COC(=O)c1csc(-c2ccccc2)n1)Nc1ccc(N2CCCC2)cc1. The van der Waals surface area contributed by atoms with Gasteiger partial charge in [0.15, 0.2) is 12.3 Å². The van der Waals surface area contributed by atoms with E-state index >= 15 is 0 Å². The lowest BCUT2D eigenvalue weighted by Gasteiger charge is -2.17. The summed E-state index contributed by atoms with van der Waals surface area (Å²) in [6.45, 7) is 1.79. The highest BCUT2D eigenvalue weighted by Gasteiger charge is 2.15. The Morgan fingerprint density at radius 3 is 2.48 bits per heavy atom. The lowest BCUT2D eigenvalue weighted by Crippen LogP contribution is -2.21. The molecule has 1 fully saturated rings. The second-order valence-electron chi connectivity index (χ2n) is 6.77. The van der Waals surface area contributed by atoms with E-state index in [1.807, 2.05) is 54.6 Å². The van der Waals surface area contributed by atoms with Crippen LogP contribution in [0.4, 0.5) is 11.4 Å². The van der Waals surface area contributed by atoms with Crippen LogP contribution in [-0.4, -0.2) is 36.6 Å². The van der Waals surface area contributed by atoms with E-state index in [-0.39, 0.29) is 18.2 Å². The molecule has 1 amide bonds. The van der Waals surface area contributed by atoms with Crippen molar-refractivity contribution in [1.29, 1.82) is 0 Å². The minimum absolute atomic E-state index is 0.205. The fourth-order valence-corrected chi connectivity index (χ4v) is 4.01. The number of carbonyl (C=O) groups is 2. The number of rotatable bonds is 6. The molecule has 3 aromatic rings. The number of amides is 1. The summed E-state index contributed by atoms with van der Waals surface area (Å²) in [7, 11) is 0. The molecule has 0 saturated carbocycles. The first-order chi connectivity index (χ1) is 14.2. The first kappa shape index (κ1) is 19.1. The van der Waals surface area contributed by atoms with E-state index in [9.17, 15) is 9.59 Å². The van der Waals surface area contributed by atoms with E-state index < -0.39 is 5.97 Å². The van der Waals surface area contributed by atoms with Crippen LogP contribution in [0, 0.1) is 0 Å². The molecule has 1 N–H and O–H groups in total. The van der Waals surface area contributed by atoms with Gasteiger partial charge in [0.05, 0.1) is 0 Å². The molecule has 0 unspecified atom stereocenters. The quantitative estimate of drug-likeness (QED) is 0.620. The second-order valence-corrected chi connectivity index (χ2v) is 7.63. The molecule has 2 aromatic carbocycles. The lowest BCUT2D eigenvalue weighted by molar-refractivity contribution is -0.119. The number of anilines is 2. The number of nitrogens with one attached hydrogen (secondary N) is 1. The van der Waals surface area contributed by atoms with Gasteiger partial charge in [0.2, 0.25) is 0 Å². The fourth-order valence-electron chi connectivity index (χ4n) is 3.21. The van der Waals surface area contributed by atoms with Gasteiger partial charge in [-0.3, -0.25) is 4.79 Å². The van der Waals surface area contributed by atoms with Crippen LogP contribution in [0.25, 0.3) is 10.6 Å². The summed E-state index contributed by atoms with van der Waals surface area (Å²) in [5.74, 6) is -0.992. The molecule has 0 aliphatic carbocycles. The van der Waals surface area contributed by atoms with Crippen LogP contribution in [0.3, 0.4) is 0 Å². The summed E-state index contributed by atoms with van der Waals surface area (Å²) < 4.78 is 5.10. The van der Waals surface area contributed by atoms with Crippen molar-refractivity contribution in [1.82, 2.24) is 4.98 Å². The molecular weight excluding hydrogens is 386 g/mol. The third-order valence-electron chi connectivity index (χ3n) is 4.69. The molecule has 0 atom stereocenters. The molecule has 4 rings (SSSR count). The Bertz CT molecular complexity index is 980. The highest BCUT2D eigenvalue weighted by atomic mass is 32.1. The van der Waals surface area contributed by atoms with Crippen LogP contribution in [0.5, 0.6) is 0 Å². The average molecular weight is 407 g/mol. The summed E-state index contributed by atoms with van der Waals surface area (Å²) >= 11 is 1.36. The summed E-state index contributed by atoms with van der Waals surface area (Å²) in [5.41, 5.74) is 2.97. The minimum Gasteiger partial charge on any atom is -0.451 e. The van der Waals surface area contributed by atoms with E-state index in [0.717, 1.165) is 29.3 Å². The number of ether oxygens (including phenoxy) is 1. The second kappa shape index (κ2) is 8.87. The van der Waals surface area contributed by atoms with Crippen molar-refractivity contribution < 1.29 is 14.3 Å². The van der Waals surface area contributed by atoms with Crippen LogP contribution in [0.2, 0.25) is 0 Å². The number of hydrogen-bond donors (Lipinski definition) is 1. The number of benzene rings is 2. The monoisotopic (exact) mass is 407 g/mol. The number of nitrogens with zero attached hydrogens (tertiary/aromatic N) is 2. The Morgan fingerprint density at radius 1 is 1.03 bits per heavy atom. The maximum atomic E-state index is 12.2. The smallest absolute Gasteiger partial charge is 0.358 e. The number of carbonyl (C=O) groups excluding carboxylic acids is 2. The maximum Gasteiger partial charge on any atom is 0.358 e. The molecule has 2 heterocycles. The Morgan fingerprint density at radius 2 is 1.76 bits per heavy atom. The molecule has 6 nitrogen and oxygen atoms in total. The normalized spacial score (nSPS) is 13.3. The van der Waals surface area contributed by atoms with Gasteiger partial charge in [-0.1, -0.05) is 30.3 Å². The summed E-state index contributed by atoms with van der Waals surface area (Å²) in [6, 6.07) is 17.3. The average Bonchev–Trinajstić information content (AvgIpc) is 3.46. The molecule has 148 valence electrons. The molecule has 0 spiro atoms. The van der Waals surface area contributed by atoms with E-state index in [0.29, 0.717) is 5.69 Å². The first-order valence-electron chi connectivity index (χ1n) is 9.52. The topological polar surface area (TPSA) is 71.5 Å². The van der Waals surface area contributed by atoms with Gasteiger partial charge >= 0.3 is 5.97 Å². The highest BCUT2D eigenvalue weighted by molar-refractivity contribution is 7.13. The summed E-state index contributed by atoms with van der Waals surface area (Å²) in [6.07, 6.45) is 2.44. The number of hydrogen-bond acceptors (Lipinski definition) is 6. The van der Waals surface area contributed by atoms with Crippen molar-refractivity contribution in [3.8, 4) is 10.6 Å². The van der Waals surface area contributed by atoms with Crippen molar-refractivity contribution >= 4 is 34.6 Å². The minimum atomic E-state index is -0.608. The van der Waals surface area contributed by atoms with E-state index in [1.54, 1.807) is 5.38 Å². The van der Waals surface area contributed by atoms with Crippen molar-refractivity contribution in [2.24, 2.45) is 0 Å². The van der Waals surface area contributed by atoms with Crippen molar-refractivity contribution in [2.45, 2.75) is 12.8 Å². The standard InChI is InChI=1S/C22H21N3O3S/c26-20(23-17-8-10-18(11-9-17)25-12-4-5-13-25)14-28-22(27)19-15-29-21(24-19)16-6-2-1-3-7-16/h1-3,6-11,15H,4-5,12-14H2,(H,23,26). The Balaban J connectivity index is 1.28. The predicted octanol–water partition coefficient (Wildman–Crippen LogP) is 4.21. The van der Waals surface area contributed by atoms with Gasteiger partial charge in [-0.15, -0.1) is 11.3 Å². The molecule has 1 aromatic heterocycles. The Kier molecular flexibility index (Phi) is 5.86. The molecule has 1 aliphatic heterocycles. The zero-order valence-electron chi connectivity index (χ0n) is 15.8. The first-order valence-corrected chi connectivity index (χ1v) is 10.4. The summed E-state index contributed by atoms with van der Waals surface area (Å²) in [5, 5.41) is 5.12. The third-order valence-corrected chi connectivity index (χ3v) is 5.58. The summed E-state index contributed by atoms with van der Waals surface area (Å²) in [4.78, 5) is 30.9. The third kappa shape index (κ3) is 4.81. The van der Waals surface area contributed by atoms with Crippen LogP contribution in [0.15, 0.2) is 60.0 Å². The number of esters is 1. The van der Waals surface area contributed by atoms with Gasteiger partial charge in [0.1, 0.15) is 5.01 Å². The highest BCUT2D eigenvalue weighted by Crippen LogP contribution is 2.24.